The summed E-state index contributed by atoms with van der Waals surface area (Å²) in [7, 11) is -8.41. The number of hydrogen-bond donors (Lipinski definition) is 2. The van der Waals surface area contributed by atoms with Crippen LogP contribution in [0.1, 0.15) is 44.8 Å². The van der Waals surface area contributed by atoms with Gasteiger partial charge in [-0.05, 0) is 44.5 Å². The highest BCUT2D eigenvalue weighted by molar-refractivity contribution is 7.85. The Balaban J connectivity index is 1.36. The van der Waals surface area contributed by atoms with Crippen molar-refractivity contribution in [2.75, 3.05) is 0 Å². The standard InChI is InChI=1S/C34H30N6O6S2/c41-47(42,43)23-31-21-39(37-35-31)19-25-11-15-29(16-12-25)33(27-7-3-1-4-8-27)34(28-9-5-2-6-10-28)30-17-13-26(14-18-30)20-40-22-32(36-38-40)24-48(44,45)46/h1-18,21-22H,19-20,23-24H2,(H,41,42,43)(H,44,45,46). The zero-order valence-electron chi connectivity index (χ0n) is 25.4. The second-order valence-electron chi connectivity index (χ2n) is 11.1. The summed E-state index contributed by atoms with van der Waals surface area (Å²) >= 11 is 0. The fourth-order valence-electron chi connectivity index (χ4n) is 5.39. The third-order valence-corrected chi connectivity index (χ3v) is 8.70. The van der Waals surface area contributed by atoms with Crippen LogP contribution in [0.25, 0.3) is 11.1 Å². The fourth-order valence-corrected chi connectivity index (χ4v) is 6.40. The molecule has 6 rings (SSSR count). The lowest BCUT2D eigenvalue weighted by molar-refractivity contribution is 0.479. The minimum atomic E-state index is -4.21. The lowest BCUT2D eigenvalue weighted by atomic mass is 9.85. The summed E-state index contributed by atoms with van der Waals surface area (Å²) in [6.45, 7) is 0.721. The minimum Gasteiger partial charge on any atom is -0.285 e. The van der Waals surface area contributed by atoms with E-state index in [1.165, 1.54) is 21.8 Å². The molecule has 0 saturated heterocycles. The Bertz CT molecular complexity index is 2100. The maximum atomic E-state index is 11.2. The highest BCUT2D eigenvalue weighted by atomic mass is 32.2. The molecular formula is C34H30N6O6S2. The topological polar surface area (TPSA) is 170 Å². The molecule has 2 N–H and O–H groups in total. The third kappa shape index (κ3) is 8.54. The normalized spacial score (nSPS) is 12.5. The zero-order chi connectivity index (χ0) is 33.7. The van der Waals surface area contributed by atoms with E-state index < -0.39 is 31.7 Å². The van der Waals surface area contributed by atoms with E-state index in [0.717, 1.165) is 44.5 Å². The van der Waals surface area contributed by atoms with E-state index in [2.05, 4.69) is 44.9 Å². The van der Waals surface area contributed by atoms with Gasteiger partial charge in [-0.3, -0.25) is 9.11 Å². The van der Waals surface area contributed by atoms with E-state index in [9.17, 15) is 16.8 Å². The molecule has 0 unspecified atom stereocenters. The van der Waals surface area contributed by atoms with Crippen LogP contribution >= 0.6 is 0 Å². The molecule has 6 aromatic rings. The van der Waals surface area contributed by atoms with Gasteiger partial charge in [-0.1, -0.05) is 120 Å². The van der Waals surface area contributed by atoms with Crippen LogP contribution < -0.4 is 0 Å². The molecule has 0 aliphatic carbocycles. The van der Waals surface area contributed by atoms with Crippen LogP contribution in [0.3, 0.4) is 0 Å². The first-order valence-corrected chi connectivity index (χ1v) is 17.9. The van der Waals surface area contributed by atoms with Gasteiger partial charge >= 0.3 is 0 Å². The Kier molecular flexibility index (Phi) is 9.41. The smallest absolute Gasteiger partial charge is 0.270 e. The van der Waals surface area contributed by atoms with Gasteiger partial charge in [0.25, 0.3) is 20.2 Å². The van der Waals surface area contributed by atoms with Crippen molar-refractivity contribution >= 4 is 31.4 Å². The summed E-state index contributed by atoms with van der Waals surface area (Å²) in [6, 6.07) is 36.3. The number of aromatic nitrogens is 6. The lowest BCUT2D eigenvalue weighted by Gasteiger charge is -2.19. The molecule has 0 aliphatic rings. The summed E-state index contributed by atoms with van der Waals surface area (Å²) in [4.78, 5) is 0. The minimum absolute atomic E-state index is 0.158. The number of nitrogens with zero attached hydrogens (tertiary/aromatic N) is 6. The molecule has 0 bridgehead atoms. The van der Waals surface area contributed by atoms with Crippen LogP contribution in [0, 0.1) is 0 Å². The van der Waals surface area contributed by atoms with Gasteiger partial charge in [0.15, 0.2) is 0 Å². The van der Waals surface area contributed by atoms with Crippen LogP contribution in [-0.2, 0) is 44.8 Å². The van der Waals surface area contributed by atoms with Crippen molar-refractivity contribution in [3.05, 3.63) is 166 Å². The Morgan fingerprint density at radius 3 is 1.17 bits per heavy atom. The predicted octanol–water partition coefficient (Wildman–Crippen LogP) is 4.75. The van der Waals surface area contributed by atoms with Crippen molar-refractivity contribution in [1.82, 2.24) is 30.0 Å². The van der Waals surface area contributed by atoms with Crippen molar-refractivity contribution in [2.24, 2.45) is 0 Å². The second-order valence-corrected chi connectivity index (χ2v) is 14.0. The fraction of sp³-hybridized carbons (Fsp3) is 0.118. The van der Waals surface area contributed by atoms with Crippen LogP contribution in [-0.4, -0.2) is 55.9 Å². The van der Waals surface area contributed by atoms with E-state index in [1.807, 2.05) is 84.9 Å². The molecular weight excluding hydrogens is 653 g/mol. The quantitative estimate of drug-likeness (QED) is 0.136. The molecule has 0 aliphatic heterocycles. The summed E-state index contributed by atoms with van der Waals surface area (Å²) in [5.41, 5.74) is 8.20. The first-order valence-electron chi connectivity index (χ1n) is 14.7. The summed E-state index contributed by atoms with van der Waals surface area (Å²) in [5.74, 6) is -1.20. The molecule has 12 nitrogen and oxygen atoms in total. The summed E-state index contributed by atoms with van der Waals surface area (Å²) < 4.78 is 66.2. The van der Waals surface area contributed by atoms with E-state index in [0.29, 0.717) is 13.1 Å². The van der Waals surface area contributed by atoms with Crippen molar-refractivity contribution in [1.29, 1.82) is 0 Å². The van der Waals surface area contributed by atoms with E-state index in [1.54, 1.807) is 0 Å². The number of hydrogen-bond acceptors (Lipinski definition) is 8. The molecule has 14 heteroatoms. The Labute approximate surface area is 277 Å². The van der Waals surface area contributed by atoms with Gasteiger partial charge in [-0.15, -0.1) is 10.2 Å². The molecule has 4 aromatic carbocycles. The second kappa shape index (κ2) is 13.8. The van der Waals surface area contributed by atoms with Gasteiger partial charge in [0.2, 0.25) is 0 Å². The highest BCUT2D eigenvalue weighted by Crippen LogP contribution is 2.37. The van der Waals surface area contributed by atoms with Gasteiger partial charge < -0.3 is 0 Å². The number of benzene rings is 4. The van der Waals surface area contributed by atoms with Gasteiger partial charge in [-0.25, -0.2) is 9.36 Å². The maximum absolute atomic E-state index is 11.2. The van der Waals surface area contributed by atoms with Crippen LogP contribution in [0.4, 0.5) is 0 Å². The maximum Gasteiger partial charge on any atom is 0.270 e. The average molecular weight is 683 g/mol. The third-order valence-electron chi connectivity index (χ3n) is 7.38. The first kappa shape index (κ1) is 32.7. The van der Waals surface area contributed by atoms with Crippen molar-refractivity contribution < 1.29 is 25.9 Å². The molecule has 2 aromatic heterocycles. The molecule has 0 saturated carbocycles. The zero-order valence-corrected chi connectivity index (χ0v) is 27.0. The molecule has 0 radical (unpaired) electrons. The van der Waals surface area contributed by atoms with Crippen LogP contribution in [0.5, 0.6) is 0 Å². The van der Waals surface area contributed by atoms with Crippen LogP contribution in [0.15, 0.2) is 122 Å². The molecule has 0 spiro atoms. The molecule has 244 valence electrons. The monoisotopic (exact) mass is 682 g/mol. The van der Waals surface area contributed by atoms with Gasteiger partial charge in [0.1, 0.15) is 22.9 Å². The summed E-state index contributed by atoms with van der Waals surface area (Å²) in [6.07, 6.45) is 2.99. The van der Waals surface area contributed by atoms with E-state index in [-0.39, 0.29) is 11.4 Å². The summed E-state index contributed by atoms with van der Waals surface area (Å²) in [5, 5.41) is 15.7. The molecule has 0 fully saturated rings. The van der Waals surface area contributed by atoms with Crippen molar-refractivity contribution in [3.8, 4) is 0 Å². The predicted molar refractivity (Wildman–Crippen MR) is 180 cm³/mol. The molecule has 48 heavy (non-hydrogen) atoms. The molecule has 0 atom stereocenters. The highest BCUT2D eigenvalue weighted by Gasteiger charge is 2.17. The molecule has 2 heterocycles. The number of rotatable bonds is 12. The van der Waals surface area contributed by atoms with E-state index >= 15 is 0 Å². The largest absolute Gasteiger partial charge is 0.285 e. The van der Waals surface area contributed by atoms with Crippen molar-refractivity contribution in [3.63, 3.8) is 0 Å². The Hall–Kier alpha value is -5.28. The van der Waals surface area contributed by atoms with Gasteiger partial charge in [0, 0.05) is 12.4 Å². The van der Waals surface area contributed by atoms with Crippen LogP contribution in [0.2, 0.25) is 0 Å². The van der Waals surface area contributed by atoms with Crippen molar-refractivity contribution in [2.45, 2.75) is 24.6 Å². The Morgan fingerprint density at radius 1 is 0.500 bits per heavy atom. The van der Waals surface area contributed by atoms with Gasteiger partial charge in [-0.2, -0.15) is 16.8 Å². The average Bonchev–Trinajstić information content (AvgIpc) is 3.68. The van der Waals surface area contributed by atoms with E-state index in [4.69, 9.17) is 9.11 Å². The lowest BCUT2D eigenvalue weighted by Crippen LogP contribution is -2.03. The Morgan fingerprint density at radius 2 is 0.833 bits per heavy atom. The van der Waals surface area contributed by atoms with Gasteiger partial charge in [0.05, 0.1) is 13.1 Å². The SMILES string of the molecule is O=S(=O)(O)Cc1cn(Cc2ccc(C(=C(c3ccccc3)c3ccc(Cn4cc(CS(=O)(=O)O)nn4)cc3)c3ccccc3)cc2)nn1. The first-order chi connectivity index (χ1) is 23.0. The molecule has 0 amide bonds.